The standard InChI is InChI=1S/C16H21F3N2O/c1-12(22)21(14-7-9-20(2)10-8-14)11-13-5-3-4-6-15(13)16(17,18)19/h3-6,14H,7-11H2,1-2H3. The third-order valence-corrected chi connectivity index (χ3v) is 4.20. The lowest BCUT2D eigenvalue weighted by molar-refractivity contribution is -0.140. The van der Waals surface area contributed by atoms with Crippen LogP contribution in [0, 0.1) is 0 Å². The Labute approximate surface area is 128 Å². The van der Waals surface area contributed by atoms with E-state index >= 15 is 0 Å². The topological polar surface area (TPSA) is 23.6 Å². The Bertz CT molecular complexity index is 522. The number of nitrogens with zero attached hydrogens (tertiary/aromatic N) is 2. The highest BCUT2D eigenvalue weighted by Crippen LogP contribution is 2.33. The summed E-state index contributed by atoms with van der Waals surface area (Å²) in [5, 5.41) is 0. The van der Waals surface area contributed by atoms with Crippen LogP contribution in [0.1, 0.15) is 30.9 Å². The molecule has 0 spiro atoms. The van der Waals surface area contributed by atoms with Gasteiger partial charge < -0.3 is 9.80 Å². The molecule has 1 aliphatic rings. The fraction of sp³-hybridized carbons (Fsp3) is 0.562. The van der Waals surface area contributed by atoms with Crippen molar-refractivity contribution >= 4 is 5.91 Å². The Morgan fingerprint density at radius 1 is 1.27 bits per heavy atom. The summed E-state index contributed by atoms with van der Waals surface area (Å²) in [6.45, 7) is 3.15. The number of amides is 1. The first-order valence-electron chi connectivity index (χ1n) is 7.40. The van der Waals surface area contributed by atoms with Crippen molar-refractivity contribution in [1.82, 2.24) is 9.80 Å². The maximum absolute atomic E-state index is 13.1. The average Bonchev–Trinajstić information content (AvgIpc) is 2.45. The van der Waals surface area contributed by atoms with Crippen LogP contribution in [-0.2, 0) is 17.5 Å². The summed E-state index contributed by atoms with van der Waals surface area (Å²) in [4.78, 5) is 15.7. The predicted molar refractivity (Wildman–Crippen MR) is 78.2 cm³/mol. The summed E-state index contributed by atoms with van der Waals surface area (Å²) in [5.41, 5.74) is -0.502. The van der Waals surface area contributed by atoms with Crippen LogP contribution in [0.4, 0.5) is 13.2 Å². The number of hydrogen-bond donors (Lipinski definition) is 0. The zero-order valence-electron chi connectivity index (χ0n) is 12.9. The number of carbonyl (C=O) groups excluding carboxylic acids is 1. The number of benzene rings is 1. The summed E-state index contributed by atoms with van der Waals surface area (Å²) in [6.07, 6.45) is -2.81. The highest BCUT2D eigenvalue weighted by atomic mass is 19.4. The molecule has 0 bridgehead atoms. The largest absolute Gasteiger partial charge is 0.416 e. The molecule has 6 heteroatoms. The van der Waals surface area contributed by atoms with Crippen molar-refractivity contribution in [3.63, 3.8) is 0 Å². The molecule has 1 fully saturated rings. The smallest absolute Gasteiger partial charge is 0.336 e. The molecule has 0 radical (unpaired) electrons. The minimum atomic E-state index is -4.40. The maximum atomic E-state index is 13.1. The molecule has 0 saturated carbocycles. The quantitative estimate of drug-likeness (QED) is 0.856. The lowest BCUT2D eigenvalue weighted by Gasteiger charge is -2.37. The zero-order chi connectivity index (χ0) is 16.3. The van der Waals surface area contributed by atoms with Crippen LogP contribution in [0.2, 0.25) is 0 Å². The molecule has 0 aliphatic carbocycles. The van der Waals surface area contributed by atoms with Gasteiger partial charge in [0.25, 0.3) is 0 Å². The Morgan fingerprint density at radius 3 is 2.41 bits per heavy atom. The molecule has 3 nitrogen and oxygen atoms in total. The number of alkyl halides is 3. The van der Waals surface area contributed by atoms with E-state index in [1.54, 1.807) is 11.0 Å². The fourth-order valence-electron chi connectivity index (χ4n) is 2.92. The molecule has 22 heavy (non-hydrogen) atoms. The number of likely N-dealkylation sites (tertiary alicyclic amines) is 1. The summed E-state index contributed by atoms with van der Waals surface area (Å²) >= 11 is 0. The van der Waals surface area contributed by atoms with Crippen molar-refractivity contribution in [2.45, 2.75) is 38.5 Å². The van der Waals surface area contributed by atoms with Crippen molar-refractivity contribution in [1.29, 1.82) is 0 Å². The van der Waals surface area contributed by atoms with Gasteiger partial charge in [-0.2, -0.15) is 13.2 Å². The van der Waals surface area contributed by atoms with Gasteiger partial charge in [-0.3, -0.25) is 4.79 Å². The first kappa shape index (κ1) is 16.8. The highest BCUT2D eigenvalue weighted by Gasteiger charge is 2.34. The SMILES string of the molecule is CC(=O)N(Cc1ccccc1C(F)(F)F)C1CCN(C)CC1. The molecule has 0 N–H and O–H groups in total. The number of hydrogen-bond acceptors (Lipinski definition) is 2. The lowest BCUT2D eigenvalue weighted by atomic mass is 10.0. The van der Waals surface area contributed by atoms with Gasteiger partial charge in [-0.1, -0.05) is 18.2 Å². The lowest BCUT2D eigenvalue weighted by Crippen LogP contribution is -2.45. The molecule has 1 aromatic carbocycles. The van der Waals surface area contributed by atoms with Gasteiger partial charge >= 0.3 is 6.18 Å². The van der Waals surface area contributed by atoms with Crippen LogP contribution < -0.4 is 0 Å². The highest BCUT2D eigenvalue weighted by molar-refractivity contribution is 5.73. The third kappa shape index (κ3) is 4.00. The van der Waals surface area contributed by atoms with Gasteiger partial charge in [-0.15, -0.1) is 0 Å². The van der Waals surface area contributed by atoms with Gasteiger partial charge in [0, 0.05) is 19.5 Å². The van der Waals surface area contributed by atoms with Gasteiger partial charge in [-0.25, -0.2) is 0 Å². The Balaban J connectivity index is 2.20. The van der Waals surface area contributed by atoms with Gasteiger partial charge in [0.1, 0.15) is 0 Å². The van der Waals surface area contributed by atoms with Crippen LogP contribution in [0.3, 0.4) is 0 Å². The number of rotatable bonds is 3. The van der Waals surface area contributed by atoms with Crippen LogP contribution >= 0.6 is 0 Å². The molecule has 0 atom stereocenters. The third-order valence-electron chi connectivity index (χ3n) is 4.20. The second-order valence-electron chi connectivity index (χ2n) is 5.84. The number of halogens is 3. The monoisotopic (exact) mass is 314 g/mol. The molecular formula is C16H21F3N2O. The van der Waals surface area contributed by atoms with E-state index in [0.29, 0.717) is 0 Å². The first-order chi connectivity index (χ1) is 10.3. The molecular weight excluding hydrogens is 293 g/mol. The second kappa shape index (κ2) is 6.69. The molecule has 1 aromatic rings. The Kier molecular flexibility index (Phi) is 5.11. The molecule has 1 heterocycles. The summed E-state index contributed by atoms with van der Waals surface area (Å²) < 4.78 is 39.2. The van der Waals surface area contributed by atoms with Crippen LogP contribution in [0.25, 0.3) is 0 Å². The van der Waals surface area contributed by atoms with Crippen molar-refractivity contribution < 1.29 is 18.0 Å². The van der Waals surface area contributed by atoms with Crippen molar-refractivity contribution in [2.24, 2.45) is 0 Å². The van der Waals surface area contributed by atoms with E-state index in [0.717, 1.165) is 32.0 Å². The normalized spacial score (nSPS) is 17.5. The van der Waals surface area contributed by atoms with E-state index in [2.05, 4.69) is 4.90 Å². The molecule has 0 unspecified atom stereocenters. The first-order valence-corrected chi connectivity index (χ1v) is 7.40. The maximum Gasteiger partial charge on any atom is 0.416 e. The zero-order valence-corrected chi connectivity index (χ0v) is 12.9. The molecule has 122 valence electrons. The molecule has 1 saturated heterocycles. The fourth-order valence-corrected chi connectivity index (χ4v) is 2.92. The molecule has 2 rings (SSSR count). The summed E-state index contributed by atoms with van der Waals surface area (Å²) in [6, 6.07) is 5.49. The summed E-state index contributed by atoms with van der Waals surface area (Å²) in [5.74, 6) is -0.175. The van der Waals surface area contributed by atoms with Crippen LogP contribution in [0.15, 0.2) is 24.3 Å². The van der Waals surface area contributed by atoms with E-state index in [1.807, 2.05) is 7.05 Å². The number of carbonyl (C=O) groups is 1. The average molecular weight is 314 g/mol. The van der Waals surface area contributed by atoms with Crippen LogP contribution in [0.5, 0.6) is 0 Å². The van der Waals surface area contributed by atoms with E-state index in [4.69, 9.17) is 0 Å². The van der Waals surface area contributed by atoms with Gasteiger partial charge in [0.05, 0.1) is 5.56 Å². The molecule has 1 amide bonds. The van der Waals surface area contributed by atoms with E-state index < -0.39 is 11.7 Å². The predicted octanol–water partition coefficient (Wildman–Crippen LogP) is 3.15. The van der Waals surface area contributed by atoms with Crippen molar-refractivity contribution in [3.8, 4) is 0 Å². The second-order valence-corrected chi connectivity index (χ2v) is 5.84. The van der Waals surface area contributed by atoms with Crippen molar-refractivity contribution in [2.75, 3.05) is 20.1 Å². The van der Waals surface area contributed by atoms with E-state index in [9.17, 15) is 18.0 Å². The van der Waals surface area contributed by atoms with Gasteiger partial charge in [0.2, 0.25) is 5.91 Å². The van der Waals surface area contributed by atoms with Crippen molar-refractivity contribution in [3.05, 3.63) is 35.4 Å². The Morgan fingerprint density at radius 2 is 1.86 bits per heavy atom. The summed E-state index contributed by atoms with van der Waals surface area (Å²) in [7, 11) is 2.01. The van der Waals surface area contributed by atoms with E-state index in [1.165, 1.54) is 19.1 Å². The van der Waals surface area contributed by atoms with Gasteiger partial charge in [0.15, 0.2) is 0 Å². The minimum Gasteiger partial charge on any atom is -0.336 e. The minimum absolute atomic E-state index is 0.00925. The molecule has 1 aliphatic heterocycles. The Hall–Kier alpha value is -1.56. The van der Waals surface area contributed by atoms with Gasteiger partial charge in [-0.05, 0) is 44.6 Å². The van der Waals surface area contributed by atoms with Crippen LogP contribution in [-0.4, -0.2) is 41.9 Å². The van der Waals surface area contributed by atoms with E-state index in [-0.39, 0.29) is 24.1 Å². The number of piperidine rings is 1. The molecule has 0 aromatic heterocycles.